The molecular formula is C22H28N2O2. The van der Waals surface area contributed by atoms with Gasteiger partial charge in [-0.25, -0.2) is 0 Å². The van der Waals surface area contributed by atoms with Gasteiger partial charge in [0.1, 0.15) is 5.75 Å². The van der Waals surface area contributed by atoms with Crippen LogP contribution in [0.4, 0.5) is 0 Å². The van der Waals surface area contributed by atoms with Crippen LogP contribution in [0.5, 0.6) is 5.75 Å². The average Bonchev–Trinajstić information content (AvgIpc) is 2.68. The van der Waals surface area contributed by atoms with Crippen LogP contribution in [0.25, 0.3) is 11.1 Å². The highest BCUT2D eigenvalue weighted by Crippen LogP contribution is 2.30. The number of para-hydroxylation sites is 1. The predicted octanol–water partition coefficient (Wildman–Crippen LogP) is 3.80. The first-order valence-electron chi connectivity index (χ1n) is 9.27. The number of carbonyl (C=O) groups excluding carboxylic acids is 1. The Kier molecular flexibility index (Phi) is 5.94. The summed E-state index contributed by atoms with van der Waals surface area (Å²) in [6.45, 7) is 1.80. The van der Waals surface area contributed by atoms with E-state index < -0.39 is 0 Å². The summed E-state index contributed by atoms with van der Waals surface area (Å²) in [7, 11) is 5.39. The van der Waals surface area contributed by atoms with Crippen molar-refractivity contribution in [1.82, 2.24) is 9.80 Å². The van der Waals surface area contributed by atoms with Crippen LogP contribution >= 0.6 is 0 Å². The first kappa shape index (κ1) is 18.5. The molecule has 0 aliphatic carbocycles. The van der Waals surface area contributed by atoms with E-state index >= 15 is 0 Å². The zero-order chi connectivity index (χ0) is 18.5. The molecular weight excluding hydrogens is 324 g/mol. The first-order valence-corrected chi connectivity index (χ1v) is 9.27. The molecule has 1 aliphatic rings. The monoisotopic (exact) mass is 352 g/mol. The molecule has 0 aromatic heterocycles. The van der Waals surface area contributed by atoms with Crippen molar-refractivity contribution in [3.63, 3.8) is 0 Å². The largest absolute Gasteiger partial charge is 0.496 e. The highest BCUT2D eigenvalue weighted by atomic mass is 16.5. The smallest absolute Gasteiger partial charge is 0.239 e. The number of ether oxygens (including phenoxy) is 1. The van der Waals surface area contributed by atoms with Crippen molar-refractivity contribution in [2.24, 2.45) is 0 Å². The van der Waals surface area contributed by atoms with Crippen molar-refractivity contribution in [1.29, 1.82) is 0 Å². The number of benzene rings is 2. The molecule has 1 heterocycles. The van der Waals surface area contributed by atoms with Gasteiger partial charge < -0.3 is 9.64 Å². The third-order valence-electron chi connectivity index (χ3n) is 5.10. The van der Waals surface area contributed by atoms with E-state index in [0.29, 0.717) is 0 Å². The van der Waals surface area contributed by atoms with E-state index in [1.165, 1.54) is 5.56 Å². The number of piperidine rings is 1. The third-order valence-corrected chi connectivity index (χ3v) is 5.10. The van der Waals surface area contributed by atoms with Crippen LogP contribution in [0, 0.1) is 0 Å². The van der Waals surface area contributed by atoms with Crippen LogP contribution < -0.4 is 4.74 Å². The number of amides is 1. The van der Waals surface area contributed by atoms with E-state index in [4.69, 9.17) is 4.74 Å². The number of likely N-dealkylation sites (N-methyl/N-ethyl adjacent to an activating group) is 1. The molecule has 0 saturated carbocycles. The number of nitrogens with zero attached hydrogens (tertiary/aromatic N) is 2. The molecule has 0 bridgehead atoms. The molecule has 0 N–H and O–H groups in total. The van der Waals surface area contributed by atoms with E-state index in [9.17, 15) is 4.79 Å². The van der Waals surface area contributed by atoms with Gasteiger partial charge in [-0.1, -0.05) is 48.9 Å². The Labute approximate surface area is 156 Å². The minimum absolute atomic E-state index is 0.00708. The first-order chi connectivity index (χ1) is 12.6. The Bertz CT molecular complexity index is 740. The molecule has 0 spiro atoms. The van der Waals surface area contributed by atoms with Gasteiger partial charge in [-0.15, -0.1) is 0 Å². The lowest BCUT2D eigenvalue weighted by Crippen LogP contribution is -2.48. The van der Waals surface area contributed by atoms with Gasteiger partial charge in [-0.05, 0) is 36.6 Å². The Balaban J connectivity index is 1.75. The highest BCUT2D eigenvalue weighted by Gasteiger charge is 2.29. The minimum Gasteiger partial charge on any atom is -0.496 e. The van der Waals surface area contributed by atoms with Crippen molar-refractivity contribution >= 4 is 5.91 Å². The molecule has 1 fully saturated rings. The molecule has 26 heavy (non-hydrogen) atoms. The normalized spacial score (nSPS) is 17.7. The van der Waals surface area contributed by atoms with E-state index in [1.54, 1.807) is 12.0 Å². The minimum atomic E-state index is 0.00708. The van der Waals surface area contributed by atoms with Crippen LogP contribution in [0.2, 0.25) is 0 Å². The van der Waals surface area contributed by atoms with Crippen molar-refractivity contribution < 1.29 is 9.53 Å². The molecule has 3 rings (SSSR count). The lowest BCUT2D eigenvalue weighted by molar-refractivity contribution is -0.136. The third kappa shape index (κ3) is 4.07. The number of methoxy groups -OCH3 is 1. The lowest BCUT2D eigenvalue weighted by Gasteiger charge is -2.36. The summed E-state index contributed by atoms with van der Waals surface area (Å²) in [5.74, 6) is 1.10. The fourth-order valence-corrected chi connectivity index (χ4v) is 3.67. The van der Waals surface area contributed by atoms with Crippen molar-refractivity contribution in [3.8, 4) is 16.9 Å². The van der Waals surface area contributed by atoms with Gasteiger partial charge in [0.2, 0.25) is 5.91 Å². The second kappa shape index (κ2) is 8.37. The molecule has 1 atom stereocenters. The maximum atomic E-state index is 12.5. The maximum Gasteiger partial charge on any atom is 0.239 e. The summed E-state index contributed by atoms with van der Waals surface area (Å²) in [6.07, 6.45) is 3.25. The fraction of sp³-hybridized carbons (Fsp3) is 0.409. The van der Waals surface area contributed by atoms with Gasteiger partial charge in [0.15, 0.2) is 0 Å². The predicted molar refractivity (Wildman–Crippen MR) is 105 cm³/mol. The Morgan fingerprint density at radius 2 is 1.85 bits per heavy atom. The number of rotatable bonds is 5. The lowest BCUT2D eigenvalue weighted by atomic mass is 9.99. The number of likely N-dealkylation sites (tertiary alicyclic amines) is 1. The van der Waals surface area contributed by atoms with E-state index in [1.807, 2.05) is 32.3 Å². The van der Waals surface area contributed by atoms with E-state index in [2.05, 4.69) is 35.2 Å². The van der Waals surface area contributed by atoms with Crippen LogP contribution in [0.3, 0.4) is 0 Å². The second-order valence-corrected chi connectivity index (χ2v) is 7.11. The van der Waals surface area contributed by atoms with E-state index in [-0.39, 0.29) is 11.9 Å². The molecule has 1 amide bonds. The van der Waals surface area contributed by atoms with Crippen molar-refractivity contribution in [2.75, 3.05) is 27.7 Å². The van der Waals surface area contributed by atoms with E-state index in [0.717, 1.165) is 49.2 Å². The molecule has 1 unspecified atom stereocenters. The molecule has 2 aromatic rings. The maximum absolute atomic E-state index is 12.5. The summed E-state index contributed by atoms with van der Waals surface area (Å²) >= 11 is 0. The highest BCUT2D eigenvalue weighted by molar-refractivity contribution is 5.81. The summed E-state index contributed by atoms with van der Waals surface area (Å²) in [5.41, 5.74) is 3.48. The fourth-order valence-electron chi connectivity index (χ4n) is 3.67. The van der Waals surface area contributed by atoms with Crippen LogP contribution in [0.15, 0.2) is 48.5 Å². The SMILES string of the molecule is COc1ccccc1-c1ccc(CN2CCCCC2C(=O)N(C)C)cc1. The standard InChI is InChI=1S/C22H28N2O2/c1-23(2)22(25)20-9-6-7-15-24(20)16-17-11-13-18(14-12-17)19-8-4-5-10-21(19)26-3/h4-5,8,10-14,20H,6-7,9,15-16H2,1-3H3. The van der Waals surface area contributed by atoms with Gasteiger partial charge >= 0.3 is 0 Å². The van der Waals surface area contributed by atoms with Crippen LogP contribution in [-0.2, 0) is 11.3 Å². The van der Waals surface area contributed by atoms with Crippen LogP contribution in [0.1, 0.15) is 24.8 Å². The van der Waals surface area contributed by atoms with Crippen molar-refractivity contribution in [3.05, 3.63) is 54.1 Å². The summed E-state index contributed by atoms with van der Waals surface area (Å²) in [4.78, 5) is 16.5. The molecule has 0 radical (unpaired) electrons. The topological polar surface area (TPSA) is 32.8 Å². The Morgan fingerprint density at radius 1 is 1.12 bits per heavy atom. The molecule has 4 nitrogen and oxygen atoms in total. The van der Waals surface area contributed by atoms with Crippen molar-refractivity contribution in [2.45, 2.75) is 31.8 Å². The molecule has 138 valence electrons. The molecule has 4 heteroatoms. The second-order valence-electron chi connectivity index (χ2n) is 7.11. The average molecular weight is 352 g/mol. The number of carbonyl (C=O) groups is 1. The quantitative estimate of drug-likeness (QED) is 0.820. The van der Waals surface area contributed by atoms with Crippen LogP contribution in [-0.4, -0.2) is 49.5 Å². The number of hydrogen-bond acceptors (Lipinski definition) is 3. The summed E-state index contributed by atoms with van der Waals surface area (Å²) < 4.78 is 5.46. The molecule has 1 saturated heterocycles. The molecule has 1 aliphatic heterocycles. The van der Waals surface area contributed by atoms with Gasteiger partial charge in [0.25, 0.3) is 0 Å². The zero-order valence-electron chi connectivity index (χ0n) is 15.9. The molecule has 2 aromatic carbocycles. The number of hydrogen-bond donors (Lipinski definition) is 0. The summed E-state index contributed by atoms with van der Waals surface area (Å²) in [5, 5.41) is 0. The Morgan fingerprint density at radius 3 is 2.54 bits per heavy atom. The summed E-state index contributed by atoms with van der Waals surface area (Å²) in [6, 6.07) is 16.7. The van der Waals surface area contributed by atoms with Gasteiger partial charge in [0.05, 0.1) is 13.2 Å². The van der Waals surface area contributed by atoms with Gasteiger partial charge in [0, 0.05) is 26.2 Å². The zero-order valence-corrected chi connectivity index (χ0v) is 15.9. The Hall–Kier alpha value is -2.33. The van der Waals surface area contributed by atoms with Gasteiger partial charge in [-0.3, -0.25) is 9.69 Å². The van der Waals surface area contributed by atoms with Gasteiger partial charge in [-0.2, -0.15) is 0 Å².